The van der Waals surface area contributed by atoms with Gasteiger partial charge in [-0.15, -0.1) is 0 Å². The first-order valence-electron chi connectivity index (χ1n) is 7.07. The molecule has 6 heteroatoms. The summed E-state index contributed by atoms with van der Waals surface area (Å²) < 4.78 is 0. The number of nitrogens with zero attached hydrogens (tertiary/aromatic N) is 2. The van der Waals surface area contributed by atoms with Crippen LogP contribution in [-0.2, 0) is 0 Å². The third-order valence-electron chi connectivity index (χ3n) is 3.76. The monoisotopic (exact) mass is 328 g/mol. The smallest absolute Gasteiger partial charge is 0.261 e. The normalized spacial score (nSPS) is 14.2. The first-order chi connectivity index (χ1) is 9.99. The molecule has 0 aliphatic carbocycles. The minimum absolute atomic E-state index is 0.284. The fourth-order valence-electron chi connectivity index (χ4n) is 2.48. The van der Waals surface area contributed by atoms with Gasteiger partial charge in [-0.05, 0) is 38.2 Å². The van der Waals surface area contributed by atoms with E-state index in [0.29, 0.717) is 27.7 Å². The number of carbonyl (C=O) groups is 2. The molecule has 0 unspecified atom stereocenters. The first kappa shape index (κ1) is 16.3. The molecule has 0 radical (unpaired) electrons. The highest BCUT2D eigenvalue weighted by Gasteiger charge is 2.35. The van der Waals surface area contributed by atoms with Gasteiger partial charge in [-0.3, -0.25) is 14.5 Å². The molecule has 0 atom stereocenters. The van der Waals surface area contributed by atoms with Gasteiger partial charge in [0.25, 0.3) is 11.8 Å². The molecular weight excluding hydrogens is 311 g/mol. The van der Waals surface area contributed by atoms with Gasteiger partial charge >= 0.3 is 0 Å². The summed E-state index contributed by atoms with van der Waals surface area (Å²) in [5.41, 5.74) is 0.689. The number of rotatable bonds is 6. The van der Waals surface area contributed by atoms with Crippen molar-refractivity contribution in [3.8, 4) is 0 Å². The van der Waals surface area contributed by atoms with Gasteiger partial charge in [0.2, 0.25) is 0 Å². The quantitative estimate of drug-likeness (QED) is 0.752. The molecule has 1 aromatic carbocycles. The number of benzene rings is 1. The Kier molecular flexibility index (Phi) is 5.25. The van der Waals surface area contributed by atoms with Crippen LogP contribution in [-0.4, -0.2) is 47.8 Å². The minimum Gasteiger partial charge on any atom is -0.304 e. The van der Waals surface area contributed by atoms with Crippen molar-refractivity contribution in [1.82, 2.24) is 9.80 Å². The maximum atomic E-state index is 12.3. The lowest BCUT2D eigenvalue weighted by Crippen LogP contribution is -2.33. The predicted molar refractivity (Wildman–Crippen MR) is 84.2 cm³/mol. The Morgan fingerprint density at radius 1 is 1.00 bits per heavy atom. The fraction of sp³-hybridized carbons (Fsp3) is 0.467. The van der Waals surface area contributed by atoms with E-state index in [-0.39, 0.29) is 11.8 Å². The van der Waals surface area contributed by atoms with E-state index < -0.39 is 0 Å². The molecule has 1 aliphatic rings. The van der Waals surface area contributed by atoms with Crippen molar-refractivity contribution in [3.63, 3.8) is 0 Å². The molecule has 0 bridgehead atoms. The Balaban J connectivity index is 2.07. The zero-order valence-electron chi connectivity index (χ0n) is 12.2. The van der Waals surface area contributed by atoms with Crippen LogP contribution < -0.4 is 0 Å². The molecule has 1 aliphatic heterocycles. The van der Waals surface area contributed by atoms with Gasteiger partial charge in [0.05, 0.1) is 21.2 Å². The molecule has 0 fully saturated rings. The average Bonchev–Trinajstić information content (AvgIpc) is 2.69. The zero-order valence-corrected chi connectivity index (χ0v) is 13.7. The summed E-state index contributed by atoms with van der Waals surface area (Å²) in [5, 5.41) is 0.586. The van der Waals surface area contributed by atoms with E-state index in [0.717, 1.165) is 26.1 Å². The van der Waals surface area contributed by atoms with Crippen LogP contribution in [0.1, 0.15) is 41.0 Å². The van der Waals surface area contributed by atoms with E-state index in [4.69, 9.17) is 23.2 Å². The summed E-state index contributed by atoms with van der Waals surface area (Å²) in [6, 6.07) is 2.95. The molecule has 114 valence electrons. The van der Waals surface area contributed by atoms with E-state index in [9.17, 15) is 9.59 Å². The van der Waals surface area contributed by atoms with Crippen molar-refractivity contribution in [1.29, 1.82) is 0 Å². The Labute approximate surface area is 134 Å². The second-order valence-electron chi connectivity index (χ2n) is 4.95. The molecule has 0 aromatic heterocycles. The van der Waals surface area contributed by atoms with Crippen LogP contribution in [0, 0.1) is 0 Å². The maximum Gasteiger partial charge on any atom is 0.261 e. The van der Waals surface area contributed by atoms with Gasteiger partial charge in [-0.25, -0.2) is 0 Å². The van der Waals surface area contributed by atoms with Crippen molar-refractivity contribution < 1.29 is 9.59 Å². The average molecular weight is 329 g/mol. The lowest BCUT2D eigenvalue weighted by atomic mass is 10.1. The molecule has 0 saturated carbocycles. The van der Waals surface area contributed by atoms with Crippen LogP contribution in [0.15, 0.2) is 12.1 Å². The van der Waals surface area contributed by atoms with Crippen molar-refractivity contribution in [2.24, 2.45) is 0 Å². The van der Waals surface area contributed by atoms with Crippen molar-refractivity contribution in [2.75, 3.05) is 26.2 Å². The van der Waals surface area contributed by atoms with Gasteiger partial charge in [0, 0.05) is 6.54 Å². The van der Waals surface area contributed by atoms with Gasteiger partial charge in [0.1, 0.15) is 0 Å². The van der Waals surface area contributed by atoms with Gasteiger partial charge < -0.3 is 4.90 Å². The molecule has 0 N–H and O–H groups in total. The van der Waals surface area contributed by atoms with Crippen molar-refractivity contribution in [2.45, 2.75) is 20.3 Å². The van der Waals surface area contributed by atoms with E-state index in [1.165, 1.54) is 17.0 Å². The summed E-state index contributed by atoms with van der Waals surface area (Å²) in [7, 11) is 0. The van der Waals surface area contributed by atoms with E-state index in [1.54, 1.807) is 0 Å². The number of hydrogen-bond acceptors (Lipinski definition) is 3. The van der Waals surface area contributed by atoms with Gasteiger partial charge in [0.15, 0.2) is 0 Å². The fourth-order valence-corrected chi connectivity index (χ4v) is 2.81. The SMILES string of the molecule is CCN(CC)CCCN1C(=O)c2cc(Cl)c(Cl)cc2C1=O. The molecule has 1 aromatic rings. The third-order valence-corrected chi connectivity index (χ3v) is 4.48. The lowest BCUT2D eigenvalue weighted by molar-refractivity contribution is 0.0648. The largest absolute Gasteiger partial charge is 0.304 e. The molecule has 0 saturated heterocycles. The van der Waals surface area contributed by atoms with E-state index in [1.807, 2.05) is 0 Å². The minimum atomic E-state index is -0.284. The van der Waals surface area contributed by atoms with Crippen LogP contribution in [0.4, 0.5) is 0 Å². The van der Waals surface area contributed by atoms with Crippen LogP contribution in [0.5, 0.6) is 0 Å². The number of amides is 2. The van der Waals surface area contributed by atoms with E-state index in [2.05, 4.69) is 18.7 Å². The summed E-state index contributed by atoms with van der Waals surface area (Å²) in [6.45, 7) is 7.39. The highest BCUT2D eigenvalue weighted by Crippen LogP contribution is 2.31. The van der Waals surface area contributed by atoms with Crippen molar-refractivity contribution >= 4 is 35.0 Å². The summed E-state index contributed by atoms with van der Waals surface area (Å²) in [5.74, 6) is -0.568. The van der Waals surface area contributed by atoms with Crippen molar-refractivity contribution in [3.05, 3.63) is 33.3 Å². The summed E-state index contributed by atoms with van der Waals surface area (Å²) >= 11 is 11.8. The van der Waals surface area contributed by atoms with Crippen LogP contribution in [0.3, 0.4) is 0 Å². The first-order valence-corrected chi connectivity index (χ1v) is 7.82. The second-order valence-corrected chi connectivity index (χ2v) is 5.77. The molecule has 2 amide bonds. The topological polar surface area (TPSA) is 40.6 Å². The second kappa shape index (κ2) is 6.77. The van der Waals surface area contributed by atoms with Crippen LogP contribution >= 0.6 is 23.2 Å². The molecule has 4 nitrogen and oxygen atoms in total. The molecule has 1 heterocycles. The Bertz CT molecular complexity index is 530. The molecule has 2 rings (SSSR count). The molecule has 0 spiro atoms. The number of hydrogen-bond donors (Lipinski definition) is 0. The Morgan fingerprint density at radius 2 is 1.48 bits per heavy atom. The number of carbonyl (C=O) groups excluding carboxylic acids is 2. The highest BCUT2D eigenvalue weighted by molar-refractivity contribution is 6.43. The molecule has 21 heavy (non-hydrogen) atoms. The zero-order chi connectivity index (χ0) is 15.6. The number of halogens is 2. The number of imide groups is 1. The number of fused-ring (bicyclic) bond motifs is 1. The highest BCUT2D eigenvalue weighted by atomic mass is 35.5. The summed E-state index contributed by atoms with van der Waals surface area (Å²) in [4.78, 5) is 28.1. The Hall–Kier alpha value is -1.10. The van der Waals surface area contributed by atoms with E-state index >= 15 is 0 Å². The summed E-state index contributed by atoms with van der Waals surface area (Å²) in [6.07, 6.45) is 0.759. The van der Waals surface area contributed by atoms with Gasteiger partial charge in [-0.2, -0.15) is 0 Å². The Morgan fingerprint density at radius 3 is 1.90 bits per heavy atom. The van der Waals surface area contributed by atoms with Crippen LogP contribution in [0.25, 0.3) is 0 Å². The standard InChI is InChI=1S/C15H18Cl2N2O2/c1-3-18(4-2)6-5-7-19-14(20)10-8-12(16)13(17)9-11(10)15(19)21/h8-9H,3-7H2,1-2H3. The molecular formula is C15H18Cl2N2O2. The lowest BCUT2D eigenvalue weighted by Gasteiger charge is -2.20. The van der Waals surface area contributed by atoms with Crippen LogP contribution in [0.2, 0.25) is 10.0 Å². The predicted octanol–water partition coefficient (Wildman–Crippen LogP) is 3.32. The maximum absolute atomic E-state index is 12.3. The van der Waals surface area contributed by atoms with Gasteiger partial charge in [-0.1, -0.05) is 37.0 Å². The third kappa shape index (κ3) is 3.23.